The molecule has 0 unspecified atom stereocenters. The van der Waals surface area contributed by atoms with Crippen LogP contribution in [0.3, 0.4) is 0 Å². The van der Waals surface area contributed by atoms with Crippen LogP contribution < -0.4 is 0 Å². The van der Waals surface area contributed by atoms with Gasteiger partial charge >= 0.3 is 0 Å². The van der Waals surface area contributed by atoms with Crippen LogP contribution in [0.25, 0.3) is 10.8 Å². The average Bonchev–Trinajstić information content (AvgIpc) is 2.61. The lowest BCUT2D eigenvalue weighted by atomic mass is 10.1. The van der Waals surface area contributed by atoms with Gasteiger partial charge in [0.25, 0.3) is 0 Å². The van der Waals surface area contributed by atoms with Crippen molar-refractivity contribution in [2.24, 2.45) is 0 Å². The molecular weight excluding hydrogens is 340 g/mol. The van der Waals surface area contributed by atoms with E-state index in [4.69, 9.17) is 0 Å². The second-order valence-electron chi connectivity index (χ2n) is 6.15. The number of hydrogen-bond acceptors (Lipinski definition) is 4. The van der Waals surface area contributed by atoms with E-state index in [2.05, 4.69) is 0 Å². The molecule has 1 fully saturated rings. The number of hydrogen-bond donors (Lipinski definition) is 0. The molecule has 1 aliphatic rings. The van der Waals surface area contributed by atoms with Crippen molar-refractivity contribution in [3.8, 4) is 0 Å². The zero-order chi connectivity index (χ0) is 18.0. The Balaban J connectivity index is 1.72. The number of sulfone groups is 1. The van der Waals surface area contributed by atoms with Gasteiger partial charge in [0.2, 0.25) is 11.8 Å². The molecule has 25 heavy (non-hydrogen) atoms. The molecule has 0 radical (unpaired) electrons. The van der Waals surface area contributed by atoms with E-state index in [-0.39, 0.29) is 10.8 Å². The minimum absolute atomic E-state index is 0.0316. The molecular formula is C18H20N2O4S. The molecule has 2 aromatic rings. The number of carbonyl (C=O) groups excluding carboxylic acids is 2. The van der Waals surface area contributed by atoms with Gasteiger partial charge in [-0.05, 0) is 22.9 Å². The summed E-state index contributed by atoms with van der Waals surface area (Å²) in [6.45, 7) is 3.10. The lowest BCUT2D eigenvalue weighted by molar-refractivity contribution is -0.136. The zero-order valence-electron chi connectivity index (χ0n) is 14.0. The lowest BCUT2D eigenvalue weighted by Gasteiger charge is -2.34. The minimum Gasteiger partial charge on any atom is -0.339 e. The number of fused-ring (bicyclic) bond motifs is 1. The van der Waals surface area contributed by atoms with E-state index < -0.39 is 21.5 Å². The van der Waals surface area contributed by atoms with E-state index in [1.165, 1.54) is 11.8 Å². The van der Waals surface area contributed by atoms with Crippen molar-refractivity contribution in [2.75, 3.05) is 31.9 Å². The highest BCUT2D eigenvalue weighted by Gasteiger charge is 2.27. The summed E-state index contributed by atoms with van der Waals surface area (Å²) < 4.78 is 25.2. The third-order valence-corrected chi connectivity index (χ3v) is 6.07. The van der Waals surface area contributed by atoms with Crippen molar-refractivity contribution in [3.05, 3.63) is 42.5 Å². The Morgan fingerprint density at radius 1 is 0.920 bits per heavy atom. The van der Waals surface area contributed by atoms with Gasteiger partial charge in [0.1, 0.15) is 5.75 Å². The molecule has 1 heterocycles. The topological polar surface area (TPSA) is 74.8 Å². The maximum absolute atomic E-state index is 12.6. The standard InChI is InChI=1S/C18H20N2O4S/c1-14(21)19-8-10-20(11-9-19)18(22)13-25(23,24)17-7-6-15-4-2-3-5-16(15)12-17/h2-7,12H,8-11,13H2,1H3. The molecule has 3 rings (SSSR count). The highest BCUT2D eigenvalue weighted by molar-refractivity contribution is 7.92. The van der Waals surface area contributed by atoms with Crippen LogP contribution in [0.2, 0.25) is 0 Å². The molecule has 0 aliphatic carbocycles. The van der Waals surface area contributed by atoms with Crippen LogP contribution >= 0.6 is 0 Å². The normalized spacial score (nSPS) is 15.4. The molecule has 2 aromatic carbocycles. The second-order valence-corrected chi connectivity index (χ2v) is 8.14. The fourth-order valence-corrected chi connectivity index (χ4v) is 4.23. The number of piperazine rings is 1. The van der Waals surface area contributed by atoms with Gasteiger partial charge in [-0.15, -0.1) is 0 Å². The molecule has 1 saturated heterocycles. The van der Waals surface area contributed by atoms with Gasteiger partial charge in [0, 0.05) is 33.1 Å². The van der Waals surface area contributed by atoms with Crippen LogP contribution in [0.4, 0.5) is 0 Å². The first-order valence-corrected chi connectivity index (χ1v) is 9.77. The first-order chi connectivity index (χ1) is 11.9. The molecule has 132 valence electrons. The molecule has 0 N–H and O–H groups in total. The molecule has 0 saturated carbocycles. The summed E-state index contributed by atoms with van der Waals surface area (Å²) in [6, 6.07) is 12.4. The summed E-state index contributed by atoms with van der Waals surface area (Å²) in [7, 11) is -3.70. The van der Waals surface area contributed by atoms with Gasteiger partial charge in [-0.2, -0.15) is 0 Å². The van der Waals surface area contributed by atoms with Crippen LogP contribution in [0, 0.1) is 0 Å². The Morgan fingerprint density at radius 3 is 2.16 bits per heavy atom. The van der Waals surface area contributed by atoms with Gasteiger partial charge in [-0.1, -0.05) is 30.3 Å². The summed E-state index contributed by atoms with van der Waals surface area (Å²) in [6.07, 6.45) is 0. The van der Waals surface area contributed by atoms with E-state index in [0.29, 0.717) is 26.2 Å². The van der Waals surface area contributed by atoms with Crippen LogP contribution in [0.15, 0.2) is 47.4 Å². The zero-order valence-corrected chi connectivity index (χ0v) is 14.8. The Labute approximate surface area is 146 Å². The van der Waals surface area contributed by atoms with Crippen molar-refractivity contribution in [3.63, 3.8) is 0 Å². The minimum atomic E-state index is -3.70. The van der Waals surface area contributed by atoms with E-state index >= 15 is 0 Å². The van der Waals surface area contributed by atoms with E-state index in [1.54, 1.807) is 23.1 Å². The molecule has 1 aliphatic heterocycles. The third kappa shape index (κ3) is 3.82. The van der Waals surface area contributed by atoms with Gasteiger partial charge < -0.3 is 9.80 Å². The second kappa shape index (κ2) is 6.84. The molecule has 7 heteroatoms. The number of rotatable bonds is 3. The Kier molecular flexibility index (Phi) is 4.76. The SMILES string of the molecule is CC(=O)N1CCN(C(=O)CS(=O)(=O)c2ccc3ccccc3c2)CC1. The van der Waals surface area contributed by atoms with Crippen molar-refractivity contribution < 1.29 is 18.0 Å². The summed E-state index contributed by atoms with van der Waals surface area (Å²) in [5.41, 5.74) is 0. The Bertz CT molecular complexity index is 916. The van der Waals surface area contributed by atoms with Crippen molar-refractivity contribution in [1.29, 1.82) is 0 Å². The van der Waals surface area contributed by atoms with Crippen molar-refractivity contribution >= 4 is 32.4 Å². The fourth-order valence-electron chi connectivity index (χ4n) is 2.97. The number of nitrogens with zero attached hydrogens (tertiary/aromatic N) is 2. The first kappa shape index (κ1) is 17.4. The molecule has 0 atom stereocenters. The number of carbonyl (C=O) groups is 2. The predicted molar refractivity (Wildman–Crippen MR) is 94.8 cm³/mol. The first-order valence-electron chi connectivity index (χ1n) is 8.12. The van der Waals surface area contributed by atoms with Crippen molar-refractivity contribution in [1.82, 2.24) is 9.80 Å². The fraction of sp³-hybridized carbons (Fsp3) is 0.333. The number of amides is 2. The van der Waals surface area contributed by atoms with Crippen LogP contribution in [-0.2, 0) is 19.4 Å². The van der Waals surface area contributed by atoms with Crippen LogP contribution in [0.5, 0.6) is 0 Å². The van der Waals surface area contributed by atoms with E-state index in [1.807, 2.05) is 24.3 Å². The maximum atomic E-state index is 12.6. The van der Waals surface area contributed by atoms with E-state index in [9.17, 15) is 18.0 Å². The largest absolute Gasteiger partial charge is 0.339 e. The van der Waals surface area contributed by atoms with Crippen LogP contribution in [0.1, 0.15) is 6.92 Å². The number of benzene rings is 2. The van der Waals surface area contributed by atoms with Gasteiger partial charge in [0.05, 0.1) is 4.90 Å². The molecule has 2 amide bonds. The van der Waals surface area contributed by atoms with Crippen LogP contribution in [-0.4, -0.2) is 62.0 Å². The lowest BCUT2D eigenvalue weighted by Crippen LogP contribution is -2.51. The molecule has 0 spiro atoms. The van der Waals surface area contributed by atoms with Gasteiger partial charge in [-0.25, -0.2) is 8.42 Å². The maximum Gasteiger partial charge on any atom is 0.238 e. The van der Waals surface area contributed by atoms with Gasteiger partial charge in [0.15, 0.2) is 9.84 Å². The summed E-state index contributed by atoms with van der Waals surface area (Å²) in [5.74, 6) is -1.00. The summed E-state index contributed by atoms with van der Waals surface area (Å²) in [5, 5.41) is 1.78. The quantitative estimate of drug-likeness (QED) is 0.827. The highest BCUT2D eigenvalue weighted by atomic mass is 32.2. The molecule has 0 bridgehead atoms. The molecule has 0 aromatic heterocycles. The van der Waals surface area contributed by atoms with Gasteiger partial charge in [-0.3, -0.25) is 9.59 Å². The molecule has 6 nitrogen and oxygen atoms in total. The van der Waals surface area contributed by atoms with Crippen molar-refractivity contribution in [2.45, 2.75) is 11.8 Å². The smallest absolute Gasteiger partial charge is 0.238 e. The highest BCUT2D eigenvalue weighted by Crippen LogP contribution is 2.20. The monoisotopic (exact) mass is 360 g/mol. The summed E-state index contributed by atoms with van der Waals surface area (Å²) in [4.78, 5) is 27.0. The Hall–Kier alpha value is -2.41. The van der Waals surface area contributed by atoms with E-state index in [0.717, 1.165) is 10.8 Å². The predicted octanol–water partition coefficient (Wildman–Crippen LogP) is 1.30. The third-order valence-electron chi connectivity index (χ3n) is 4.47. The average molecular weight is 360 g/mol. The Morgan fingerprint density at radius 2 is 1.52 bits per heavy atom. The summed E-state index contributed by atoms with van der Waals surface area (Å²) >= 11 is 0.